The number of hydrogen-bond donors (Lipinski definition) is 1. The standard InChI is InChI=1S/C16H22BrNO/c1-15(2)12(11-17)9-10-16(15,3)14(19)18-13-7-5-4-6-8-13/h4-8,12H,9-11H2,1-3H3,(H,18,19)/t12-,16-/m0/s1. The molecular formula is C16H22BrNO. The van der Waals surface area contributed by atoms with Gasteiger partial charge in [-0.1, -0.05) is 54.9 Å². The Kier molecular flexibility index (Phi) is 4.05. The molecule has 2 atom stereocenters. The third-order valence-electron chi connectivity index (χ3n) is 5.15. The summed E-state index contributed by atoms with van der Waals surface area (Å²) < 4.78 is 0. The minimum atomic E-state index is -0.304. The summed E-state index contributed by atoms with van der Waals surface area (Å²) in [5.41, 5.74) is 0.586. The van der Waals surface area contributed by atoms with E-state index in [1.165, 1.54) is 0 Å². The molecule has 0 saturated heterocycles. The van der Waals surface area contributed by atoms with Crippen molar-refractivity contribution < 1.29 is 4.79 Å². The smallest absolute Gasteiger partial charge is 0.230 e. The van der Waals surface area contributed by atoms with Crippen LogP contribution in [-0.2, 0) is 4.79 Å². The highest BCUT2D eigenvalue weighted by Gasteiger charge is 2.55. The molecular weight excluding hydrogens is 302 g/mol. The van der Waals surface area contributed by atoms with E-state index in [0.717, 1.165) is 23.9 Å². The lowest BCUT2D eigenvalue weighted by Gasteiger charge is -2.40. The predicted octanol–water partition coefficient (Wildman–Crippen LogP) is 4.46. The molecule has 2 nitrogen and oxygen atoms in total. The molecule has 1 saturated carbocycles. The molecule has 1 fully saturated rings. The molecule has 0 spiro atoms. The van der Waals surface area contributed by atoms with Gasteiger partial charge in [-0.15, -0.1) is 0 Å². The molecule has 0 aromatic heterocycles. The Morgan fingerprint density at radius 3 is 2.47 bits per heavy atom. The average molecular weight is 324 g/mol. The van der Waals surface area contributed by atoms with Gasteiger partial charge in [0.1, 0.15) is 0 Å². The molecule has 1 amide bonds. The van der Waals surface area contributed by atoms with Crippen LogP contribution in [0.25, 0.3) is 0 Å². The molecule has 19 heavy (non-hydrogen) atoms. The SMILES string of the molecule is CC1(C)[C@H](CBr)CC[C@@]1(C)C(=O)Nc1ccccc1. The Balaban J connectivity index is 2.19. The summed E-state index contributed by atoms with van der Waals surface area (Å²) in [4.78, 5) is 12.7. The zero-order valence-electron chi connectivity index (χ0n) is 11.9. The van der Waals surface area contributed by atoms with Crippen molar-refractivity contribution in [1.82, 2.24) is 0 Å². The van der Waals surface area contributed by atoms with Crippen LogP contribution in [0.3, 0.4) is 0 Å². The maximum atomic E-state index is 12.7. The fraction of sp³-hybridized carbons (Fsp3) is 0.562. The highest BCUT2D eigenvalue weighted by Crippen LogP contribution is 2.56. The van der Waals surface area contributed by atoms with Gasteiger partial charge >= 0.3 is 0 Å². The van der Waals surface area contributed by atoms with Gasteiger partial charge in [-0.2, -0.15) is 0 Å². The van der Waals surface area contributed by atoms with Gasteiger partial charge in [0.05, 0.1) is 5.41 Å². The Hall–Kier alpha value is -0.830. The summed E-state index contributed by atoms with van der Waals surface area (Å²) in [6.45, 7) is 6.54. The van der Waals surface area contributed by atoms with E-state index in [1.807, 2.05) is 30.3 Å². The number of alkyl halides is 1. The van der Waals surface area contributed by atoms with Crippen molar-refractivity contribution >= 4 is 27.5 Å². The van der Waals surface area contributed by atoms with Crippen molar-refractivity contribution in [2.24, 2.45) is 16.7 Å². The van der Waals surface area contributed by atoms with Gasteiger partial charge in [-0.3, -0.25) is 4.79 Å². The summed E-state index contributed by atoms with van der Waals surface area (Å²) in [6, 6.07) is 9.71. The second kappa shape index (κ2) is 5.28. The second-order valence-corrected chi connectivity index (χ2v) is 6.91. The highest BCUT2D eigenvalue weighted by molar-refractivity contribution is 9.09. The highest BCUT2D eigenvalue weighted by atomic mass is 79.9. The maximum Gasteiger partial charge on any atom is 0.230 e. The maximum absolute atomic E-state index is 12.7. The quantitative estimate of drug-likeness (QED) is 0.817. The monoisotopic (exact) mass is 323 g/mol. The van der Waals surface area contributed by atoms with E-state index in [4.69, 9.17) is 0 Å². The van der Waals surface area contributed by atoms with Crippen LogP contribution in [0.5, 0.6) is 0 Å². The lowest BCUT2D eigenvalue weighted by Crippen LogP contribution is -2.44. The van der Waals surface area contributed by atoms with Crippen LogP contribution in [0.4, 0.5) is 5.69 Å². The van der Waals surface area contributed by atoms with Crippen molar-refractivity contribution in [3.05, 3.63) is 30.3 Å². The molecule has 0 bridgehead atoms. The van der Waals surface area contributed by atoms with Gasteiger partial charge in [0.2, 0.25) is 5.91 Å². The molecule has 0 unspecified atom stereocenters. The Labute approximate surface area is 124 Å². The third kappa shape index (κ3) is 2.45. The van der Waals surface area contributed by atoms with Crippen molar-refractivity contribution in [2.45, 2.75) is 33.6 Å². The van der Waals surface area contributed by atoms with Gasteiger partial charge < -0.3 is 5.32 Å². The molecule has 0 radical (unpaired) electrons. The number of carbonyl (C=O) groups is 1. The first-order chi connectivity index (χ1) is 8.91. The van der Waals surface area contributed by atoms with Crippen LogP contribution in [-0.4, -0.2) is 11.2 Å². The molecule has 1 aromatic rings. The molecule has 1 aliphatic rings. The lowest BCUT2D eigenvalue weighted by molar-refractivity contribution is -0.130. The predicted molar refractivity (Wildman–Crippen MR) is 83.5 cm³/mol. The van der Waals surface area contributed by atoms with Crippen molar-refractivity contribution in [3.63, 3.8) is 0 Å². The summed E-state index contributed by atoms with van der Waals surface area (Å²) in [5, 5.41) is 4.04. The number of amides is 1. The first-order valence-electron chi connectivity index (χ1n) is 6.84. The number of benzene rings is 1. The van der Waals surface area contributed by atoms with Gasteiger partial charge in [0, 0.05) is 11.0 Å². The van der Waals surface area contributed by atoms with Crippen LogP contribution in [0.1, 0.15) is 33.6 Å². The minimum absolute atomic E-state index is 0.00929. The summed E-state index contributed by atoms with van der Waals surface area (Å²) in [6.07, 6.45) is 2.06. The van der Waals surface area contributed by atoms with E-state index >= 15 is 0 Å². The van der Waals surface area contributed by atoms with E-state index in [-0.39, 0.29) is 16.7 Å². The van der Waals surface area contributed by atoms with Crippen LogP contribution in [0.2, 0.25) is 0 Å². The summed E-state index contributed by atoms with van der Waals surface area (Å²) in [7, 11) is 0. The number of carbonyl (C=O) groups excluding carboxylic acids is 1. The van der Waals surface area contributed by atoms with E-state index in [9.17, 15) is 4.79 Å². The zero-order valence-corrected chi connectivity index (χ0v) is 13.5. The molecule has 2 rings (SSSR count). The number of hydrogen-bond acceptors (Lipinski definition) is 1. The van der Waals surface area contributed by atoms with E-state index in [0.29, 0.717) is 5.92 Å². The van der Waals surface area contributed by atoms with Gasteiger partial charge in [-0.25, -0.2) is 0 Å². The average Bonchev–Trinajstić information content (AvgIpc) is 2.62. The number of para-hydroxylation sites is 1. The van der Waals surface area contributed by atoms with Crippen LogP contribution < -0.4 is 5.32 Å². The van der Waals surface area contributed by atoms with Crippen molar-refractivity contribution in [1.29, 1.82) is 0 Å². The fourth-order valence-corrected chi connectivity index (χ4v) is 4.20. The van der Waals surface area contributed by atoms with Gasteiger partial charge in [0.15, 0.2) is 0 Å². The topological polar surface area (TPSA) is 29.1 Å². The molecule has 1 N–H and O–H groups in total. The second-order valence-electron chi connectivity index (χ2n) is 6.26. The van der Waals surface area contributed by atoms with Crippen molar-refractivity contribution in [2.75, 3.05) is 10.6 Å². The minimum Gasteiger partial charge on any atom is -0.326 e. The molecule has 1 aliphatic carbocycles. The Bertz CT molecular complexity index is 457. The number of rotatable bonds is 3. The van der Waals surface area contributed by atoms with Crippen LogP contribution in [0, 0.1) is 16.7 Å². The van der Waals surface area contributed by atoms with Gasteiger partial charge in [0.25, 0.3) is 0 Å². The van der Waals surface area contributed by atoms with E-state index in [2.05, 4.69) is 42.0 Å². The van der Waals surface area contributed by atoms with Gasteiger partial charge in [-0.05, 0) is 36.3 Å². The number of anilines is 1. The molecule has 104 valence electrons. The van der Waals surface area contributed by atoms with Crippen molar-refractivity contribution in [3.8, 4) is 0 Å². The first kappa shape index (κ1) is 14.6. The van der Waals surface area contributed by atoms with E-state index < -0.39 is 0 Å². The number of nitrogens with one attached hydrogen (secondary N) is 1. The fourth-order valence-electron chi connectivity index (χ4n) is 3.06. The lowest BCUT2D eigenvalue weighted by atomic mass is 9.65. The Morgan fingerprint density at radius 1 is 1.32 bits per heavy atom. The Morgan fingerprint density at radius 2 is 1.95 bits per heavy atom. The molecule has 0 aliphatic heterocycles. The van der Waals surface area contributed by atoms with Crippen LogP contribution >= 0.6 is 15.9 Å². The molecule has 1 aromatic carbocycles. The van der Waals surface area contributed by atoms with Crippen LogP contribution in [0.15, 0.2) is 30.3 Å². The molecule has 0 heterocycles. The largest absolute Gasteiger partial charge is 0.326 e. The number of halogens is 1. The van der Waals surface area contributed by atoms with E-state index in [1.54, 1.807) is 0 Å². The summed E-state index contributed by atoms with van der Waals surface area (Å²) >= 11 is 3.59. The third-order valence-corrected chi connectivity index (χ3v) is 5.94. The summed E-state index contributed by atoms with van der Waals surface area (Å²) in [5.74, 6) is 0.700. The first-order valence-corrected chi connectivity index (χ1v) is 7.96. The normalized spacial score (nSPS) is 29.2. The molecule has 3 heteroatoms. The zero-order chi connectivity index (χ0) is 14.1.